The lowest BCUT2D eigenvalue weighted by Gasteiger charge is -2.09. The Morgan fingerprint density at radius 1 is 1.17 bits per heavy atom. The van der Waals surface area contributed by atoms with Crippen molar-refractivity contribution < 1.29 is 4.79 Å². The van der Waals surface area contributed by atoms with Crippen molar-refractivity contribution in [2.75, 3.05) is 11.1 Å². The third-order valence-corrected chi connectivity index (χ3v) is 5.99. The Hall–Kier alpha value is -2.83. The van der Waals surface area contributed by atoms with Crippen LogP contribution in [0.2, 0.25) is 5.02 Å². The molecule has 0 aliphatic heterocycles. The van der Waals surface area contributed by atoms with E-state index in [1.54, 1.807) is 16.8 Å². The number of fused-ring (bicyclic) bond motifs is 1. The quantitative estimate of drug-likeness (QED) is 0.437. The number of aryl methyl sites for hydroxylation is 1. The van der Waals surface area contributed by atoms with Crippen molar-refractivity contribution >= 4 is 40.5 Å². The normalized spacial score (nSPS) is 11.0. The largest absolute Gasteiger partial charge is 0.325 e. The number of nitrogens with one attached hydrogen (secondary N) is 1. The molecule has 4 aromatic rings. The SMILES string of the molecule is Cc1ccc(-c2cc3c(SCC(=O)Nc4cccc(Cl)c4C)nccn3n2)cc1. The number of carbonyl (C=O) groups excluding carboxylic acids is 1. The number of amides is 1. The Kier molecular flexibility index (Phi) is 5.56. The van der Waals surface area contributed by atoms with Gasteiger partial charge in [0.1, 0.15) is 5.03 Å². The van der Waals surface area contributed by atoms with E-state index in [0.717, 1.165) is 33.1 Å². The maximum Gasteiger partial charge on any atom is 0.234 e. The highest BCUT2D eigenvalue weighted by molar-refractivity contribution is 8.00. The zero-order valence-electron chi connectivity index (χ0n) is 16.0. The fourth-order valence-corrected chi connectivity index (χ4v) is 3.89. The predicted octanol–water partition coefficient (Wildman–Crippen LogP) is 5.40. The van der Waals surface area contributed by atoms with Gasteiger partial charge in [-0.3, -0.25) is 4.79 Å². The van der Waals surface area contributed by atoms with Gasteiger partial charge in [-0.15, -0.1) is 0 Å². The van der Waals surface area contributed by atoms with E-state index >= 15 is 0 Å². The van der Waals surface area contributed by atoms with Gasteiger partial charge in [0.15, 0.2) is 0 Å². The molecule has 2 aromatic carbocycles. The molecule has 29 heavy (non-hydrogen) atoms. The van der Waals surface area contributed by atoms with Crippen LogP contribution in [-0.4, -0.2) is 26.3 Å². The summed E-state index contributed by atoms with van der Waals surface area (Å²) in [5.74, 6) is 0.131. The van der Waals surface area contributed by atoms with Crippen LogP contribution in [0.3, 0.4) is 0 Å². The first-order chi connectivity index (χ1) is 14.0. The van der Waals surface area contributed by atoms with Gasteiger partial charge < -0.3 is 5.32 Å². The van der Waals surface area contributed by atoms with Gasteiger partial charge in [0.05, 0.1) is 17.0 Å². The van der Waals surface area contributed by atoms with Crippen molar-refractivity contribution in [2.45, 2.75) is 18.9 Å². The molecule has 7 heteroatoms. The standard InChI is InChI=1S/C22H19ClN4OS/c1-14-6-8-16(9-7-14)19-12-20-22(24-10-11-27(20)26-19)29-13-21(28)25-18-5-3-4-17(23)15(18)2/h3-12H,13H2,1-2H3,(H,25,28). The number of halogens is 1. The third kappa shape index (κ3) is 4.28. The lowest BCUT2D eigenvalue weighted by atomic mass is 10.1. The molecule has 146 valence electrons. The van der Waals surface area contributed by atoms with Gasteiger partial charge >= 0.3 is 0 Å². The molecule has 0 unspecified atom stereocenters. The molecule has 1 N–H and O–H groups in total. The Labute approximate surface area is 178 Å². The van der Waals surface area contributed by atoms with Gasteiger partial charge in [-0.2, -0.15) is 5.10 Å². The second-order valence-corrected chi connectivity index (χ2v) is 8.08. The summed E-state index contributed by atoms with van der Waals surface area (Å²) in [6.45, 7) is 3.94. The molecule has 0 aliphatic rings. The van der Waals surface area contributed by atoms with Crippen LogP contribution in [0.4, 0.5) is 5.69 Å². The second-order valence-electron chi connectivity index (χ2n) is 6.71. The molecule has 0 bridgehead atoms. The van der Waals surface area contributed by atoms with Crippen LogP contribution in [0.15, 0.2) is 66.0 Å². The summed E-state index contributed by atoms with van der Waals surface area (Å²) in [5.41, 5.74) is 5.58. The van der Waals surface area contributed by atoms with Crippen LogP contribution < -0.4 is 5.32 Å². The number of anilines is 1. The number of hydrogen-bond acceptors (Lipinski definition) is 4. The van der Waals surface area contributed by atoms with Gasteiger partial charge in [-0.05, 0) is 37.6 Å². The van der Waals surface area contributed by atoms with E-state index in [1.807, 2.05) is 31.3 Å². The fraction of sp³-hybridized carbons (Fsp3) is 0.136. The molecule has 2 aromatic heterocycles. The lowest BCUT2D eigenvalue weighted by molar-refractivity contribution is -0.113. The highest BCUT2D eigenvalue weighted by atomic mass is 35.5. The summed E-state index contributed by atoms with van der Waals surface area (Å²) < 4.78 is 1.80. The molecular formula is C22H19ClN4OS. The second kappa shape index (κ2) is 8.27. The Morgan fingerprint density at radius 3 is 2.76 bits per heavy atom. The van der Waals surface area contributed by atoms with Crippen LogP contribution in [0.1, 0.15) is 11.1 Å². The van der Waals surface area contributed by atoms with Crippen molar-refractivity contribution in [2.24, 2.45) is 0 Å². The van der Waals surface area contributed by atoms with Gasteiger partial charge in [0.2, 0.25) is 5.91 Å². The number of nitrogens with zero attached hydrogens (tertiary/aromatic N) is 3. The predicted molar refractivity (Wildman–Crippen MR) is 119 cm³/mol. The van der Waals surface area contributed by atoms with Gasteiger partial charge in [0, 0.05) is 28.7 Å². The number of rotatable bonds is 5. The number of hydrogen-bond donors (Lipinski definition) is 1. The third-order valence-electron chi connectivity index (χ3n) is 4.58. The fourth-order valence-electron chi connectivity index (χ4n) is 2.94. The summed E-state index contributed by atoms with van der Waals surface area (Å²) in [6.07, 6.45) is 3.51. The van der Waals surface area contributed by atoms with Crippen molar-refractivity contribution in [1.82, 2.24) is 14.6 Å². The van der Waals surface area contributed by atoms with Crippen LogP contribution in [0.5, 0.6) is 0 Å². The minimum atomic E-state index is -0.109. The Bertz CT molecular complexity index is 1190. The summed E-state index contributed by atoms with van der Waals surface area (Å²) in [7, 11) is 0. The molecule has 0 aliphatic carbocycles. The minimum absolute atomic E-state index is 0.109. The van der Waals surface area contributed by atoms with E-state index < -0.39 is 0 Å². The highest BCUT2D eigenvalue weighted by Crippen LogP contribution is 2.27. The molecular weight excluding hydrogens is 404 g/mol. The lowest BCUT2D eigenvalue weighted by Crippen LogP contribution is -2.15. The van der Waals surface area contributed by atoms with Crippen LogP contribution >= 0.6 is 23.4 Å². The molecule has 1 amide bonds. The molecule has 4 rings (SSSR count). The first-order valence-electron chi connectivity index (χ1n) is 9.10. The smallest absolute Gasteiger partial charge is 0.234 e. The van der Waals surface area contributed by atoms with E-state index in [0.29, 0.717) is 5.02 Å². The van der Waals surface area contributed by atoms with E-state index in [-0.39, 0.29) is 11.7 Å². The monoisotopic (exact) mass is 422 g/mol. The number of thioether (sulfide) groups is 1. The van der Waals surface area contributed by atoms with Crippen LogP contribution in [0, 0.1) is 13.8 Å². The van der Waals surface area contributed by atoms with Gasteiger partial charge in [0.25, 0.3) is 0 Å². The summed E-state index contributed by atoms with van der Waals surface area (Å²) in [5, 5.41) is 8.94. The van der Waals surface area contributed by atoms with E-state index in [4.69, 9.17) is 11.6 Å². The van der Waals surface area contributed by atoms with Crippen LogP contribution in [-0.2, 0) is 4.79 Å². The zero-order chi connectivity index (χ0) is 20.4. The molecule has 0 radical (unpaired) electrons. The maximum absolute atomic E-state index is 12.4. The van der Waals surface area contributed by atoms with Crippen LogP contribution in [0.25, 0.3) is 16.8 Å². The van der Waals surface area contributed by atoms with Crippen molar-refractivity contribution in [3.63, 3.8) is 0 Å². The molecule has 0 saturated heterocycles. The molecule has 5 nitrogen and oxygen atoms in total. The van der Waals surface area contributed by atoms with Crippen molar-refractivity contribution in [1.29, 1.82) is 0 Å². The van der Waals surface area contributed by atoms with Crippen molar-refractivity contribution in [3.8, 4) is 11.3 Å². The average molecular weight is 423 g/mol. The summed E-state index contributed by atoms with van der Waals surface area (Å²) in [6, 6.07) is 15.7. The summed E-state index contributed by atoms with van der Waals surface area (Å²) in [4.78, 5) is 16.9. The highest BCUT2D eigenvalue weighted by Gasteiger charge is 2.12. The molecule has 2 heterocycles. The zero-order valence-corrected chi connectivity index (χ0v) is 17.6. The first kappa shape index (κ1) is 19.5. The molecule has 0 atom stereocenters. The Balaban J connectivity index is 1.51. The number of aromatic nitrogens is 3. The number of carbonyl (C=O) groups is 1. The first-order valence-corrected chi connectivity index (χ1v) is 10.5. The number of benzene rings is 2. The van der Waals surface area contributed by atoms with E-state index in [1.165, 1.54) is 17.3 Å². The van der Waals surface area contributed by atoms with Gasteiger partial charge in [-0.25, -0.2) is 9.50 Å². The Morgan fingerprint density at radius 2 is 1.97 bits per heavy atom. The van der Waals surface area contributed by atoms with Gasteiger partial charge in [-0.1, -0.05) is 59.3 Å². The molecule has 0 saturated carbocycles. The topological polar surface area (TPSA) is 59.3 Å². The average Bonchev–Trinajstić information content (AvgIpc) is 3.15. The summed E-state index contributed by atoms with van der Waals surface area (Å²) >= 11 is 7.50. The molecule has 0 fully saturated rings. The van der Waals surface area contributed by atoms with E-state index in [9.17, 15) is 4.79 Å². The molecule has 0 spiro atoms. The van der Waals surface area contributed by atoms with Crippen molar-refractivity contribution in [3.05, 3.63) is 77.1 Å². The van der Waals surface area contributed by atoms with E-state index in [2.05, 4.69) is 46.6 Å². The maximum atomic E-state index is 12.4. The minimum Gasteiger partial charge on any atom is -0.325 e.